The Labute approximate surface area is 195 Å². The molecule has 0 aliphatic carbocycles. The third-order valence-electron chi connectivity index (χ3n) is 5.41. The van der Waals surface area contributed by atoms with Crippen LogP contribution < -0.4 is 4.72 Å². The van der Waals surface area contributed by atoms with Gasteiger partial charge >= 0.3 is 0 Å². The molecule has 2 aromatic carbocycles. The molecule has 0 radical (unpaired) electrons. The van der Waals surface area contributed by atoms with Gasteiger partial charge in [-0.1, -0.05) is 30.3 Å². The van der Waals surface area contributed by atoms with Crippen LogP contribution in [0.2, 0.25) is 0 Å². The summed E-state index contributed by atoms with van der Waals surface area (Å²) in [5, 5.41) is 14.8. The molecule has 0 amide bonds. The van der Waals surface area contributed by atoms with E-state index >= 15 is 0 Å². The second kappa shape index (κ2) is 8.80. The predicted octanol–water partition coefficient (Wildman–Crippen LogP) is 4.13. The fourth-order valence-electron chi connectivity index (χ4n) is 3.79. The number of anilines is 1. The zero-order valence-corrected chi connectivity index (χ0v) is 18.6. The maximum absolute atomic E-state index is 12.9. The Hall–Kier alpha value is -4.49. The van der Waals surface area contributed by atoms with Crippen LogP contribution in [0.4, 0.5) is 5.69 Å². The molecule has 168 valence electrons. The molecule has 5 rings (SSSR count). The van der Waals surface area contributed by atoms with Crippen molar-refractivity contribution >= 4 is 26.7 Å². The van der Waals surface area contributed by atoms with Crippen molar-refractivity contribution in [3.05, 3.63) is 91.1 Å². The molecular weight excluding hydrogens is 450 g/mol. The van der Waals surface area contributed by atoms with Crippen molar-refractivity contribution in [3.63, 3.8) is 0 Å². The second-order valence-corrected chi connectivity index (χ2v) is 9.28. The number of para-hydroxylation sites is 1. The van der Waals surface area contributed by atoms with E-state index in [1.165, 1.54) is 12.4 Å². The van der Waals surface area contributed by atoms with Gasteiger partial charge in [0.15, 0.2) is 0 Å². The van der Waals surface area contributed by atoms with Crippen LogP contribution in [0.5, 0.6) is 0 Å². The summed E-state index contributed by atoms with van der Waals surface area (Å²) in [7, 11) is -3.81. The largest absolute Gasteiger partial charge is 0.346 e. The van der Waals surface area contributed by atoms with Crippen LogP contribution in [0.25, 0.3) is 22.3 Å². The second-order valence-electron chi connectivity index (χ2n) is 7.59. The van der Waals surface area contributed by atoms with Gasteiger partial charge in [0.1, 0.15) is 12.0 Å². The number of H-pyrrole nitrogens is 1. The van der Waals surface area contributed by atoms with Gasteiger partial charge in [0.05, 0.1) is 35.3 Å². The number of nitrogens with one attached hydrogen (secondary N) is 2. The highest BCUT2D eigenvalue weighted by Gasteiger charge is 2.20. The van der Waals surface area contributed by atoms with Crippen LogP contribution in [-0.4, -0.2) is 33.2 Å². The minimum absolute atomic E-state index is 0.106. The number of aromatic amines is 1. The van der Waals surface area contributed by atoms with Crippen molar-refractivity contribution < 1.29 is 8.42 Å². The minimum atomic E-state index is -3.81. The smallest absolute Gasteiger partial charge is 0.261 e. The quantitative estimate of drug-likeness (QED) is 0.369. The van der Waals surface area contributed by atoms with Gasteiger partial charge in [-0.05, 0) is 35.9 Å². The summed E-state index contributed by atoms with van der Waals surface area (Å²) in [6.45, 7) is 0. The maximum atomic E-state index is 12.9. The van der Waals surface area contributed by atoms with Crippen molar-refractivity contribution in [1.82, 2.24) is 24.7 Å². The SMILES string of the molecule is N#CCC(c1cccc(S(=O)(=O)Nc2ccccc2)c1)n1cc(-c2ncnc3[nH]ccc23)cn1. The summed E-state index contributed by atoms with van der Waals surface area (Å²) in [4.78, 5) is 11.8. The molecule has 3 heterocycles. The molecule has 5 aromatic rings. The highest BCUT2D eigenvalue weighted by atomic mass is 32.2. The van der Waals surface area contributed by atoms with Gasteiger partial charge in [0.25, 0.3) is 10.0 Å². The molecule has 1 atom stereocenters. The topological polar surface area (TPSA) is 129 Å². The number of fused-ring (bicyclic) bond motifs is 1. The van der Waals surface area contributed by atoms with E-state index in [0.29, 0.717) is 11.3 Å². The predicted molar refractivity (Wildman–Crippen MR) is 127 cm³/mol. The molecule has 2 N–H and O–H groups in total. The Balaban J connectivity index is 1.49. The normalized spacial score (nSPS) is 12.3. The zero-order chi connectivity index (χ0) is 23.5. The molecule has 1 unspecified atom stereocenters. The molecule has 34 heavy (non-hydrogen) atoms. The van der Waals surface area contributed by atoms with Crippen molar-refractivity contribution in [2.45, 2.75) is 17.4 Å². The lowest BCUT2D eigenvalue weighted by atomic mass is 10.0. The van der Waals surface area contributed by atoms with Gasteiger partial charge in [-0.2, -0.15) is 10.4 Å². The molecule has 0 aliphatic heterocycles. The van der Waals surface area contributed by atoms with Crippen LogP contribution in [-0.2, 0) is 10.0 Å². The average Bonchev–Trinajstić information content (AvgIpc) is 3.53. The molecule has 0 bridgehead atoms. The number of rotatable bonds is 7. The van der Waals surface area contributed by atoms with Crippen LogP contribution in [0.1, 0.15) is 18.0 Å². The molecule has 0 spiro atoms. The molecule has 0 saturated carbocycles. The van der Waals surface area contributed by atoms with Crippen LogP contribution in [0, 0.1) is 11.3 Å². The summed E-state index contributed by atoms with van der Waals surface area (Å²) in [5.41, 5.74) is 3.33. The van der Waals surface area contributed by atoms with Crippen LogP contribution >= 0.6 is 0 Å². The fraction of sp³-hybridized carbons (Fsp3) is 0.0833. The third-order valence-corrected chi connectivity index (χ3v) is 6.79. The van der Waals surface area contributed by atoms with Crippen LogP contribution in [0.3, 0.4) is 0 Å². The van der Waals surface area contributed by atoms with Gasteiger partial charge < -0.3 is 4.98 Å². The summed E-state index contributed by atoms with van der Waals surface area (Å²) in [6.07, 6.45) is 6.87. The van der Waals surface area contributed by atoms with Crippen molar-refractivity contribution in [1.29, 1.82) is 5.26 Å². The Morgan fingerprint density at radius 1 is 1.09 bits per heavy atom. The first-order valence-corrected chi connectivity index (χ1v) is 11.9. The molecule has 3 aromatic heterocycles. The lowest BCUT2D eigenvalue weighted by Crippen LogP contribution is -2.15. The number of sulfonamides is 1. The summed E-state index contributed by atoms with van der Waals surface area (Å²) in [5.74, 6) is 0. The van der Waals surface area contributed by atoms with Gasteiger partial charge in [0, 0.05) is 29.0 Å². The van der Waals surface area contributed by atoms with Crippen molar-refractivity contribution in [3.8, 4) is 17.3 Å². The van der Waals surface area contributed by atoms with E-state index in [-0.39, 0.29) is 11.3 Å². The molecule has 0 aliphatic rings. The van der Waals surface area contributed by atoms with Gasteiger partial charge in [-0.15, -0.1) is 0 Å². The monoisotopic (exact) mass is 469 g/mol. The van der Waals surface area contributed by atoms with Gasteiger partial charge in [-0.25, -0.2) is 18.4 Å². The summed E-state index contributed by atoms with van der Waals surface area (Å²) in [6, 6.07) is 18.8. The molecular formula is C24H19N7O2S. The van der Waals surface area contributed by atoms with Crippen molar-refractivity contribution in [2.24, 2.45) is 0 Å². The first-order valence-electron chi connectivity index (χ1n) is 10.4. The van der Waals surface area contributed by atoms with Gasteiger partial charge in [0.2, 0.25) is 0 Å². The number of nitriles is 1. The molecule has 0 fully saturated rings. The van der Waals surface area contributed by atoms with E-state index in [1.54, 1.807) is 65.7 Å². The standard InChI is InChI=1S/C24H19N7O2S/c25-11-9-22(31-15-18(14-29-31)23-21-10-12-26-24(21)28-16-27-23)17-5-4-8-20(13-17)34(32,33)30-19-6-2-1-3-7-19/h1-8,10,12-16,22,30H,9H2,(H,26,27,28). The summed E-state index contributed by atoms with van der Waals surface area (Å²) < 4.78 is 30.1. The van der Waals surface area contributed by atoms with E-state index in [4.69, 9.17) is 0 Å². The molecule has 9 nitrogen and oxygen atoms in total. The average molecular weight is 470 g/mol. The Kier molecular flexibility index (Phi) is 5.53. The zero-order valence-electron chi connectivity index (χ0n) is 17.8. The number of hydrogen-bond donors (Lipinski definition) is 2. The maximum Gasteiger partial charge on any atom is 0.261 e. The van der Waals surface area contributed by atoms with E-state index in [1.807, 2.05) is 12.1 Å². The lowest BCUT2D eigenvalue weighted by molar-refractivity contribution is 0.531. The Morgan fingerprint density at radius 2 is 1.94 bits per heavy atom. The van der Waals surface area contributed by atoms with Crippen molar-refractivity contribution in [2.75, 3.05) is 4.72 Å². The number of nitrogens with zero attached hydrogens (tertiary/aromatic N) is 5. The van der Waals surface area contributed by atoms with E-state index < -0.39 is 16.1 Å². The van der Waals surface area contributed by atoms with E-state index in [2.05, 4.69) is 30.8 Å². The first-order chi connectivity index (χ1) is 16.5. The van der Waals surface area contributed by atoms with Crippen LogP contribution in [0.15, 0.2) is 90.5 Å². The number of hydrogen-bond acceptors (Lipinski definition) is 6. The summed E-state index contributed by atoms with van der Waals surface area (Å²) >= 11 is 0. The van der Waals surface area contributed by atoms with E-state index in [0.717, 1.165) is 22.3 Å². The Morgan fingerprint density at radius 3 is 2.76 bits per heavy atom. The van der Waals surface area contributed by atoms with Gasteiger partial charge in [-0.3, -0.25) is 9.40 Å². The molecule has 10 heteroatoms. The number of aromatic nitrogens is 5. The Bertz CT molecular complexity index is 1600. The minimum Gasteiger partial charge on any atom is -0.346 e. The van der Waals surface area contributed by atoms with E-state index in [9.17, 15) is 13.7 Å². The lowest BCUT2D eigenvalue weighted by Gasteiger charge is -2.16. The first kappa shape index (κ1) is 21.4. The highest BCUT2D eigenvalue weighted by molar-refractivity contribution is 7.92. The fourth-order valence-corrected chi connectivity index (χ4v) is 4.91. The molecule has 0 saturated heterocycles. The third kappa shape index (κ3) is 4.12. The number of benzene rings is 2. The highest BCUT2D eigenvalue weighted by Crippen LogP contribution is 2.29.